The van der Waals surface area contributed by atoms with Crippen LogP contribution in [0.3, 0.4) is 0 Å². The number of rotatable bonds is 7. The maximum atomic E-state index is 2.65. The van der Waals surface area contributed by atoms with Gasteiger partial charge >= 0.3 is 0 Å². The third-order valence-electron chi connectivity index (χ3n) is 15.8. The first-order valence-corrected chi connectivity index (χ1v) is 22.8. The SMILES string of the molecule is CC1(C)c2ccccc2-c2ccc(N(c3ccc(C4CCCCC4)cc3)c3ccc(C4CC5CCC4C5)c4ccccc34)c(-c3ccc(C4CCCCC4)cc3)c21. The van der Waals surface area contributed by atoms with E-state index in [2.05, 4.69) is 140 Å². The smallest absolute Gasteiger partial charge is 0.0543 e. The average molecular weight is 746 g/mol. The van der Waals surface area contributed by atoms with Gasteiger partial charge in [-0.15, -0.1) is 0 Å². The van der Waals surface area contributed by atoms with Crippen molar-refractivity contribution in [3.63, 3.8) is 0 Å². The zero-order chi connectivity index (χ0) is 38.1. The molecule has 5 aliphatic carbocycles. The zero-order valence-corrected chi connectivity index (χ0v) is 34.3. The van der Waals surface area contributed by atoms with Gasteiger partial charge in [-0.3, -0.25) is 0 Å². The van der Waals surface area contributed by atoms with Crippen molar-refractivity contribution in [1.29, 1.82) is 0 Å². The molecule has 3 unspecified atom stereocenters. The third-order valence-corrected chi connectivity index (χ3v) is 15.8. The molecule has 3 atom stereocenters. The van der Waals surface area contributed by atoms with E-state index in [-0.39, 0.29) is 5.41 Å². The van der Waals surface area contributed by atoms with Crippen molar-refractivity contribution < 1.29 is 0 Å². The molecule has 6 aromatic rings. The molecule has 0 amide bonds. The fourth-order valence-corrected chi connectivity index (χ4v) is 12.9. The molecule has 0 spiro atoms. The molecule has 57 heavy (non-hydrogen) atoms. The summed E-state index contributed by atoms with van der Waals surface area (Å²) in [5.74, 6) is 3.82. The second-order valence-corrected chi connectivity index (χ2v) is 19.3. The van der Waals surface area contributed by atoms with Gasteiger partial charge in [-0.1, -0.05) is 156 Å². The number of benzene rings is 6. The number of hydrogen-bond donors (Lipinski definition) is 0. The molecule has 6 aromatic carbocycles. The van der Waals surface area contributed by atoms with E-state index in [1.807, 2.05) is 0 Å². The van der Waals surface area contributed by atoms with Crippen LogP contribution < -0.4 is 4.90 Å². The van der Waals surface area contributed by atoms with Crippen LogP contribution in [0, 0.1) is 11.8 Å². The van der Waals surface area contributed by atoms with E-state index in [9.17, 15) is 0 Å². The lowest BCUT2D eigenvalue weighted by molar-refractivity contribution is 0.422. The van der Waals surface area contributed by atoms with Crippen molar-refractivity contribution in [2.24, 2.45) is 11.8 Å². The summed E-state index contributed by atoms with van der Waals surface area (Å²) in [6, 6.07) is 48.3. The minimum Gasteiger partial charge on any atom is -0.309 e. The summed E-state index contributed by atoms with van der Waals surface area (Å²) in [5.41, 5.74) is 16.6. The van der Waals surface area contributed by atoms with Crippen LogP contribution >= 0.6 is 0 Å². The van der Waals surface area contributed by atoms with Crippen LogP contribution in [0.15, 0.2) is 121 Å². The second-order valence-electron chi connectivity index (χ2n) is 19.3. The highest BCUT2D eigenvalue weighted by atomic mass is 15.1. The van der Waals surface area contributed by atoms with E-state index in [0.717, 1.165) is 11.8 Å². The van der Waals surface area contributed by atoms with Gasteiger partial charge in [0.2, 0.25) is 0 Å². The lowest BCUT2D eigenvalue weighted by Crippen LogP contribution is -2.19. The summed E-state index contributed by atoms with van der Waals surface area (Å²) in [4.78, 5) is 2.65. The Labute approximate surface area is 341 Å². The van der Waals surface area contributed by atoms with Crippen LogP contribution in [-0.4, -0.2) is 0 Å². The molecule has 2 bridgehead atoms. The van der Waals surface area contributed by atoms with Crippen LogP contribution in [0.1, 0.15) is 149 Å². The van der Waals surface area contributed by atoms with E-state index in [1.165, 1.54) is 162 Å². The first-order chi connectivity index (χ1) is 28.0. The fraction of sp³-hybridized carbons (Fsp3) is 0.393. The molecule has 4 saturated carbocycles. The molecule has 0 aliphatic heterocycles. The third kappa shape index (κ3) is 6.01. The van der Waals surface area contributed by atoms with Gasteiger partial charge in [0.25, 0.3) is 0 Å². The van der Waals surface area contributed by atoms with Crippen LogP contribution in [0.4, 0.5) is 17.1 Å². The van der Waals surface area contributed by atoms with Gasteiger partial charge in [0.05, 0.1) is 11.4 Å². The highest BCUT2D eigenvalue weighted by molar-refractivity contribution is 6.04. The molecule has 5 aliphatic rings. The van der Waals surface area contributed by atoms with E-state index in [1.54, 1.807) is 5.56 Å². The Morgan fingerprint density at radius 3 is 1.81 bits per heavy atom. The van der Waals surface area contributed by atoms with Gasteiger partial charge in [-0.2, -0.15) is 0 Å². The number of fused-ring (bicyclic) bond motifs is 6. The van der Waals surface area contributed by atoms with E-state index < -0.39 is 0 Å². The summed E-state index contributed by atoms with van der Waals surface area (Å²) in [5, 5.41) is 2.82. The van der Waals surface area contributed by atoms with Gasteiger partial charge in [0.15, 0.2) is 0 Å². The van der Waals surface area contributed by atoms with E-state index >= 15 is 0 Å². The topological polar surface area (TPSA) is 3.24 Å². The predicted molar refractivity (Wildman–Crippen MR) is 241 cm³/mol. The summed E-state index contributed by atoms with van der Waals surface area (Å²) >= 11 is 0. The Hall–Kier alpha value is -4.62. The van der Waals surface area contributed by atoms with E-state index in [4.69, 9.17) is 0 Å². The van der Waals surface area contributed by atoms with Crippen LogP contribution in [0.25, 0.3) is 33.0 Å². The summed E-state index contributed by atoms with van der Waals surface area (Å²) < 4.78 is 0. The van der Waals surface area contributed by atoms with Crippen molar-refractivity contribution in [2.45, 2.75) is 127 Å². The van der Waals surface area contributed by atoms with Crippen molar-refractivity contribution in [2.75, 3.05) is 4.90 Å². The number of nitrogens with zero attached hydrogens (tertiary/aromatic N) is 1. The van der Waals surface area contributed by atoms with Gasteiger partial charge in [0, 0.05) is 22.1 Å². The highest BCUT2D eigenvalue weighted by Gasteiger charge is 2.42. The molecule has 0 N–H and O–H groups in total. The second kappa shape index (κ2) is 14.3. The Morgan fingerprint density at radius 2 is 1.14 bits per heavy atom. The normalized spacial score (nSPS) is 22.8. The minimum absolute atomic E-state index is 0.149. The highest BCUT2D eigenvalue weighted by Crippen LogP contribution is 2.58. The standard InChI is InChI=1S/C56H59N/c1-56(2)51-20-12-11-18-47(51)49-32-34-53(54(55(49)56)42-25-23-40(24-26-42)38-13-5-3-6-14-38)57(44-29-27-41(28-30-44)39-15-7-4-8-16-39)52-33-31-46(45-17-9-10-19-48(45)52)50-36-37-21-22-43(50)35-37/h9-12,17-20,23-34,37-39,43,50H,3-8,13-16,21-22,35-36H2,1-2H3. The van der Waals surface area contributed by atoms with Crippen molar-refractivity contribution in [1.82, 2.24) is 0 Å². The monoisotopic (exact) mass is 745 g/mol. The first kappa shape index (κ1) is 35.5. The average Bonchev–Trinajstić information content (AvgIpc) is 3.97. The lowest BCUT2D eigenvalue weighted by Gasteiger charge is -2.34. The van der Waals surface area contributed by atoms with Crippen LogP contribution in [0.2, 0.25) is 0 Å². The van der Waals surface area contributed by atoms with E-state index in [0.29, 0.717) is 17.8 Å². The molecule has 1 heteroatoms. The van der Waals surface area contributed by atoms with Crippen LogP contribution in [0.5, 0.6) is 0 Å². The predicted octanol–water partition coefficient (Wildman–Crippen LogP) is 16.3. The molecule has 288 valence electrons. The van der Waals surface area contributed by atoms with Gasteiger partial charge in [-0.05, 0) is 149 Å². The maximum absolute atomic E-state index is 2.65. The largest absolute Gasteiger partial charge is 0.309 e. The summed E-state index contributed by atoms with van der Waals surface area (Å²) in [6.45, 7) is 4.92. The number of anilines is 3. The molecular weight excluding hydrogens is 687 g/mol. The van der Waals surface area contributed by atoms with Crippen molar-refractivity contribution >= 4 is 27.8 Å². The van der Waals surface area contributed by atoms with Gasteiger partial charge in [-0.25, -0.2) is 0 Å². The van der Waals surface area contributed by atoms with Crippen LogP contribution in [-0.2, 0) is 5.41 Å². The fourth-order valence-electron chi connectivity index (χ4n) is 12.9. The van der Waals surface area contributed by atoms with Crippen molar-refractivity contribution in [3.8, 4) is 22.3 Å². The Morgan fingerprint density at radius 1 is 0.509 bits per heavy atom. The molecule has 11 rings (SSSR count). The number of hydrogen-bond acceptors (Lipinski definition) is 1. The molecule has 0 heterocycles. The molecule has 0 saturated heterocycles. The molecular formula is C56H59N. The van der Waals surface area contributed by atoms with Crippen molar-refractivity contribution in [3.05, 3.63) is 149 Å². The maximum Gasteiger partial charge on any atom is 0.0543 e. The summed E-state index contributed by atoms with van der Waals surface area (Å²) in [7, 11) is 0. The Kier molecular flexibility index (Phi) is 8.94. The van der Waals surface area contributed by atoms with Gasteiger partial charge < -0.3 is 4.90 Å². The van der Waals surface area contributed by atoms with Gasteiger partial charge in [0.1, 0.15) is 0 Å². The summed E-state index contributed by atoms with van der Waals surface area (Å²) in [6.07, 6.45) is 19.1. The quantitative estimate of drug-likeness (QED) is 0.157. The lowest BCUT2D eigenvalue weighted by atomic mass is 9.77. The first-order valence-electron chi connectivity index (χ1n) is 22.8. The molecule has 1 nitrogen and oxygen atoms in total. The molecule has 0 aromatic heterocycles. The molecule has 4 fully saturated rings. The Balaban J connectivity index is 1.13. The molecule has 0 radical (unpaired) electrons. The zero-order valence-electron chi connectivity index (χ0n) is 34.3. The Bertz CT molecular complexity index is 2420. The minimum atomic E-state index is -0.149.